The Labute approximate surface area is 125 Å². The average Bonchev–Trinajstić information content (AvgIpc) is 2.48. The zero-order valence-electron chi connectivity index (χ0n) is 11.2. The first-order valence-electron chi connectivity index (χ1n) is 6.25. The zero-order chi connectivity index (χ0) is 15.2. The monoisotopic (exact) mass is 299 g/mol. The van der Waals surface area contributed by atoms with Gasteiger partial charge in [-0.25, -0.2) is 4.79 Å². The fraction of sp³-hybridized carbons (Fsp3) is 0.125. The van der Waals surface area contributed by atoms with Crippen LogP contribution in [0, 0.1) is 11.3 Å². The summed E-state index contributed by atoms with van der Waals surface area (Å²) in [5, 5.41) is 17.5. The van der Waals surface area contributed by atoms with Crippen LogP contribution in [-0.4, -0.2) is 15.3 Å². The Morgan fingerprint density at radius 3 is 1.90 bits per heavy atom. The Kier molecular flexibility index (Phi) is 4.85. The molecule has 0 fully saturated rings. The number of hydrogen-bond donors (Lipinski definition) is 1. The third-order valence-electron chi connectivity index (χ3n) is 2.94. The van der Waals surface area contributed by atoms with Crippen LogP contribution >= 0.6 is 0 Å². The second-order valence-electron chi connectivity index (χ2n) is 4.54. The molecule has 2 aromatic rings. The largest absolute Gasteiger partial charge is 0.478 e. The van der Waals surface area contributed by atoms with Gasteiger partial charge in [0, 0.05) is 22.3 Å². The Balaban J connectivity index is 1.97. The van der Waals surface area contributed by atoms with Gasteiger partial charge in [0.25, 0.3) is 0 Å². The second kappa shape index (κ2) is 6.82. The third-order valence-corrected chi connectivity index (χ3v) is 4.25. The topological polar surface area (TPSA) is 78.2 Å². The highest BCUT2D eigenvalue weighted by atomic mass is 32.2. The van der Waals surface area contributed by atoms with Crippen LogP contribution in [-0.2, 0) is 22.3 Å². The first-order chi connectivity index (χ1) is 10.1. The molecular formula is C16H13NO3S. The first kappa shape index (κ1) is 14.9. The molecule has 0 radical (unpaired) electrons. The summed E-state index contributed by atoms with van der Waals surface area (Å²) in [5.41, 5.74) is 2.55. The Morgan fingerprint density at radius 1 is 1.00 bits per heavy atom. The maximum atomic E-state index is 12.1. The first-order valence-corrected chi connectivity index (χ1v) is 7.73. The Hall–Kier alpha value is -2.45. The molecular weight excluding hydrogens is 286 g/mol. The van der Waals surface area contributed by atoms with Gasteiger partial charge >= 0.3 is 5.97 Å². The SMILES string of the molecule is N#Cc1ccc(CS(=O)Cc2ccc(C(=O)O)cc2)cc1. The summed E-state index contributed by atoms with van der Waals surface area (Å²) >= 11 is 0. The van der Waals surface area contributed by atoms with E-state index >= 15 is 0 Å². The summed E-state index contributed by atoms with van der Waals surface area (Å²) in [6, 6.07) is 15.4. The molecule has 1 unspecified atom stereocenters. The van der Waals surface area contributed by atoms with Crippen LogP contribution in [0.5, 0.6) is 0 Å². The zero-order valence-corrected chi connectivity index (χ0v) is 12.0. The molecule has 2 rings (SSSR count). The van der Waals surface area contributed by atoms with Gasteiger partial charge in [-0.05, 0) is 35.4 Å². The van der Waals surface area contributed by atoms with E-state index in [0.717, 1.165) is 11.1 Å². The van der Waals surface area contributed by atoms with Crippen LogP contribution in [0.2, 0.25) is 0 Å². The molecule has 21 heavy (non-hydrogen) atoms. The summed E-state index contributed by atoms with van der Waals surface area (Å²) < 4.78 is 12.1. The van der Waals surface area contributed by atoms with Crippen LogP contribution in [0.3, 0.4) is 0 Å². The number of carbonyl (C=O) groups is 1. The van der Waals surface area contributed by atoms with Crippen molar-refractivity contribution in [3.05, 3.63) is 70.8 Å². The number of rotatable bonds is 5. The summed E-state index contributed by atoms with van der Waals surface area (Å²) in [6.45, 7) is 0. The number of carboxylic acids is 1. The fourth-order valence-corrected chi connectivity index (χ4v) is 3.07. The smallest absolute Gasteiger partial charge is 0.335 e. The number of aromatic carboxylic acids is 1. The number of hydrogen-bond acceptors (Lipinski definition) is 3. The van der Waals surface area contributed by atoms with Gasteiger partial charge < -0.3 is 5.11 Å². The van der Waals surface area contributed by atoms with E-state index in [4.69, 9.17) is 10.4 Å². The Morgan fingerprint density at radius 2 is 1.48 bits per heavy atom. The van der Waals surface area contributed by atoms with Gasteiger partial charge in [0.15, 0.2) is 0 Å². The summed E-state index contributed by atoms with van der Waals surface area (Å²) in [5.74, 6) is -0.188. The van der Waals surface area contributed by atoms with E-state index in [-0.39, 0.29) is 5.56 Å². The van der Waals surface area contributed by atoms with Crippen molar-refractivity contribution in [1.29, 1.82) is 5.26 Å². The standard InChI is InChI=1S/C16H13NO3S/c17-9-12-1-3-13(4-2-12)10-21(20)11-14-5-7-15(8-6-14)16(18)19/h1-8H,10-11H2,(H,18,19). The molecule has 0 heterocycles. The lowest BCUT2D eigenvalue weighted by Gasteiger charge is -2.04. The van der Waals surface area contributed by atoms with Crippen molar-refractivity contribution >= 4 is 16.8 Å². The second-order valence-corrected chi connectivity index (χ2v) is 6.00. The van der Waals surface area contributed by atoms with E-state index in [1.54, 1.807) is 36.4 Å². The highest BCUT2D eigenvalue weighted by Crippen LogP contribution is 2.11. The van der Waals surface area contributed by atoms with Crippen molar-refractivity contribution in [3.63, 3.8) is 0 Å². The fourth-order valence-electron chi connectivity index (χ4n) is 1.84. The predicted molar refractivity (Wildman–Crippen MR) is 80.1 cm³/mol. The molecule has 0 saturated carbocycles. The predicted octanol–water partition coefficient (Wildman–Crippen LogP) is 2.71. The lowest BCUT2D eigenvalue weighted by Crippen LogP contribution is -2.01. The molecule has 1 N–H and O–H groups in total. The maximum Gasteiger partial charge on any atom is 0.335 e. The van der Waals surface area contributed by atoms with E-state index in [1.165, 1.54) is 12.1 Å². The van der Waals surface area contributed by atoms with Crippen LogP contribution in [0.1, 0.15) is 27.0 Å². The van der Waals surface area contributed by atoms with E-state index in [1.807, 2.05) is 6.07 Å². The minimum absolute atomic E-state index is 0.219. The maximum absolute atomic E-state index is 12.1. The summed E-state index contributed by atoms with van der Waals surface area (Å²) in [7, 11) is -1.08. The minimum atomic E-state index is -1.08. The van der Waals surface area contributed by atoms with Gasteiger partial charge in [0.1, 0.15) is 0 Å². The van der Waals surface area contributed by atoms with Gasteiger partial charge in [0.05, 0.1) is 17.2 Å². The molecule has 106 valence electrons. The molecule has 0 aliphatic rings. The van der Waals surface area contributed by atoms with Crippen molar-refractivity contribution in [2.45, 2.75) is 11.5 Å². The van der Waals surface area contributed by atoms with E-state index < -0.39 is 16.8 Å². The molecule has 4 nitrogen and oxygen atoms in total. The molecule has 0 aromatic heterocycles. The van der Waals surface area contributed by atoms with Crippen molar-refractivity contribution < 1.29 is 14.1 Å². The molecule has 1 atom stereocenters. The van der Waals surface area contributed by atoms with Crippen LogP contribution in [0.15, 0.2) is 48.5 Å². The van der Waals surface area contributed by atoms with Gasteiger partial charge in [-0.1, -0.05) is 24.3 Å². The normalized spacial score (nSPS) is 11.6. The van der Waals surface area contributed by atoms with Gasteiger partial charge in [0.2, 0.25) is 0 Å². The molecule has 0 spiro atoms. The number of benzene rings is 2. The van der Waals surface area contributed by atoms with Crippen molar-refractivity contribution in [2.75, 3.05) is 0 Å². The Bertz CT molecular complexity index is 700. The molecule has 2 aromatic carbocycles. The third kappa shape index (κ3) is 4.26. The molecule has 0 amide bonds. The lowest BCUT2D eigenvalue weighted by atomic mass is 10.1. The average molecular weight is 299 g/mol. The number of nitriles is 1. The molecule has 5 heteroatoms. The van der Waals surface area contributed by atoms with Crippen molar-refractivity contribution in [1.82, 2.24) is 0 Å². The molecule has 0 saturated heterocycles. The molecule has 0 bridgehead atoms. The van der Waals surface area contributed by atoms with Crippen LogP contribution in [0.4, 0.5) is 0 Å². The van der Waals surface area contributed by atoms with E-state index in [9.17, 15) is 9.00 Å². The highest BCUT2D eigenvalue weighted by molar-refractivity contribution is 7.83. The van der Waals surface area contributed by atoms with E-state index in [0.29, 0.717) is 17.1 Å². The van der Waals surface area contributed by atoms with Gasteiger partial charge in [-0.2, -0.15) is 5.26 Å². The van der Waals surface area contributed by atoms with Crippen LogP contribution in [0.25, 0.3) is 0 Å². The van der Waals surface area contributed by atoms with Crippen molar-refractivity contribution in [3.8, 4) is 6.07 Å². The van der Waals surface area contributed by atoms with E-state index in [2.05, 4.69) is 0 Å². The number of carboxylic acid groups (broad SMARTS) is 1. The summed E-state index contributed by atoms with van der Waals surface area (Å²) in [4.78, 5) is 10.7. The van der Waals surface area contributed by atoms with Crippen molar-refractivity contribution in [2.24, 2.45) is 0 Å². The number of nitrogens with zero attached hydrogens (tertiary/aromatic N) is 1. The van der Waals surface area contributed by atoms with Gasteiger partial charge in [-0.3, -0.25) is 4.21 Å². The molecule has 0 aliphatic carbocycles. The molecule has 0 aliphatic heterocycles. The van der Waals surface area contributed by atoms with Crippen LogP contribution < -0.4 is 0 Å². The lowest BCUT2D eigenvalue weighted by molar-refractivity contribution is 0.0697. The highest BCUT2D eigenvalue weighted by Gasteiger charge is 2.06. The minimum Gasteiger partial charge on any atom is -0.478 e. The summed E-state index contributed by atoms with van der Waals surface area (Å²) in [6.07, 6.45) is 0. The quantitative estimate of drug-likeness (QED) is 0.920. The van der Waals surface area contributed by atoms with Gasteiger partial charge in [-0.15, -0.1) is 0 Å².